The van der Waals surface area contributed by atoms with E-state index in [9.17, 15) is 4.79 Å². The minimum Gasteiger partial charge on any atom is -0.481 e. The minimum absolute atomic E-state index is 0.206. The molecule has 0 radical (unpaired) electrons. The lowest BCUT2D eigenvalue weighted by Gasteiger charge is -2.22. The Morgan fingerprint density at radius 2 is 2.31 bits per heavy atom. The van der Waals surface area contributed by atoms with Crippen molar-refractivity contribution in [2.24, 2.45) is 17.6 Å². The van der Waals surface area contributed by atoms with Crippen molar-refractivity contribution in [2.75, 3.05) is 20.1 Å². The van der Waals surface area contributed by atoms with E-state index in [0.717, 1.165) is 19.5 Å². The Kier molecular flexibility index (Phi) is 3.27. The smallest absolute Gasteiger partial charge is 0.307 e. The van der Waals surface area contributed by atoms with Crippen LogP contribution in [0.2, 0.25) is 0 Å². The molecule has 13 heavy (non-hydrogen) atoms. The summed E-state index contributed by atoms with van der Waals surface area (Å²) in [5.41, 5.74) is 5.88. The summed E-state index contributed by atoms with van der Waals surface area (Å²) in [6.45, 7) is 3.65. The van der Waals surface area contributed by atoms with Crippen molar-refractivity contribution in [1.82, 2.24) is 4.90 Å². The third-order valence-electron chi connectivity index (χ3n) is 2.94. The Morgan fingerprint density at radius 3 is 2.69 bits per heavy atom. The highest BCUT2D eigenvalue weighted by atomic mass is 16.4. The van der Waals surface area contributed by atoms with Gasteiger partial charge in [-0.3, -0.25) is 4.79 Å². The number of carboxylic acids is 1. The van der Waals surface area contributed by atoms with Gasteiger partial charge in [-0.2, -0.15) is 0 Å². The number of hydrogen-bond acceptors (Lipinski definition) is 3. The van der Waals surface area contributed by atoms with Gasteiger partial charge in [-0.05, 0) is 25.9 Å². The van der Waals surface area contributed by atoms with E-state index in [4.69, 9.17) is 10.8 Å². The van der Waals surface area contributed by atoms with Crippen LogP contribution < -0.4 is 5.73 Å². The molecule has 3 unspecified atom stereocenters. The number of hydrogen-bond donors (Lipinski definition) is 2. The van der Waals surface area contributed by atoms with E-state index in [1.165, 1.54) is 0 Å². The highest BCUT2D eigenvalue weighted by Crippen LogP contribution is 2.21. The fraction of sp³-hybridized carbons (Fsp3) is 0.889. The van der Waals surface area contributed by atoms with Crippen LogP contribution in [-0.2, 0) is 4.79 Å². The fourth-order valence-electron chi connectivity index (χ4n) is 1.86. The predicted molar refractivity (Wildman–Crippen MR) is 50.4 cm³/mol. The molecule has 4 heteroatoms. The molecule has 0 aliphatic carbocycles. The molecule has 3 atom stereocenters. The number of nitrogens with two attached hydrogens (primary N) is 1. The molecule has 1 aliphatic rings. The van der Waals surface area contributed by atoms with Crippen LogP contribution in [-0.4, -0.2) is 42.2 Å². The lowest BCUT2D eigenvalue weighted by molar-refractivity contribution is -0.142. The molecule has 1 heterocycles. The van der Waals surface area contributed by atoms with Crippen LogP contribution in [0.15, 0.2) is 0 Å². The molecule has 0 aromatic carbocycles. The van der Waals surface area contributed by atoms with Crippen molar-refractivity contribution in [2.45, 2.75) is 19.4 Å². The molecule has 4 nitrogen and oxygen atoms in total. The van der Waals surface area contributed by atoms with E-state index in [1.807, 2.05) is 7.05 Å². The second kappa shape index (κ2) is 4.07. The highest BCUT2D eigenvalue weighted by molar-refractivity contribution is 5.70. The number of rotatable bonds is 3. The first-order chi connectivity index (χ1) is 6.02. The van der Waals surface area contributed by atoms with Crippen molar-refractivity contribution in [3.8, 4) is 0 Å². The Bertz CT molecular complexity index is 196. The van der Waals surface area contributed by atoms with Gasteiger partial charge in [0.25, 0.3) is 0 Å². The van der Waals surface area contributed by atoms with Crippen molar-refractivity contribution in [3.63, 3.8) is 0 Å². The summed E-state index contributed by atoms with van der Waals surface area (Å²) in [5.74, 6) is -0.880. The first-order valence-corrected chi connectivity index (χ1v) is 4.69. The minimum atomic E-state index is -0.790. The number of carboxylic acid groups (broad SMARTS) is 1. The van der Waals surface area contributed by atoms with Crippen LogP contribution in [0.1, 0.15) is 13.3 Å². The Morgan fingerprint density at radius 1 is 1.69 bits per heavy atom. The summed E-state index contributed by atoms with van der Waals surface area (Å²) < 4.78 is 0. The predicted octanol–water partition coefficient (Wildman–Crippen LogP) is -0.0139. The summed E-state index contributed by atoms with van der Waals surface area (Å²) in [4.78, 5) is 12.9. The zero-order valence-corrected chi connectivity index (χ0v) is 8.23. The molecule has 0 aromatic heterocycles. The normalized spacial score (nSPS) is 28.7. The van der Waals surface area contributed by atoms with Crippen molar-refractivity contribution in [3.05, 3.63) is 0 Å². The number of carbonyl (C=O) groups is 1. The molecule has 0 aromatic rings. The molecule has 0 bridgehead atoms. The number of likely N-dealkylation sites (tertiary alicyclic amines) is 1. The van der Waals surface area contributed by atoms with Crippen LogP contribution in [0.25, 0.3) is 0 Å². The number of nitrogens with zero attached hydrogens (tertiary/aromatic N) is 1. The average molecular weight is 186 g/mol. The second-order valence-electron chi connectivity index (χ2n) is 4.02. The Hall–Kier alpha value is -0.610. The summed E-state index contributed by atoms with van der Waals surface area (Å²) in [6.07, 6.45) is 1.02. The molecule has 1 aliphatic heterocycles. The standard InChI is InChI=1S/C9H18N2O2/c1-6(9(12)13)8(10)7-3-4-11(2)5-7/h6-8H,3-5,10H2,1-2H3,(H,12,13). The molecule has 76 valence electrons. The van der Waals surface area contributed by atoms with Gasteiger partial charge < -0.3 is 15.7 Å². The maximum atomic E-state index is 10.7. The van der Waals surface area contributed by atoms with Gasteiger partial charge in [0.15, 0.2) is 0 Å². The van der Waals surface area contributed by atoms with Crippen LogP contribution in [0, 0.1) is 11.8 Å². The van der Waals surface area contributed by atoms with Gasteiger partial charge in [-0.15, -0.1) is 0 Å². The largest absolute Gasteiger partial charge is 0.481 e. The van der Waals surface area contributed by atoms with Crippen LogP contribution in [0.3, 0.4) is 0 Å². The SMILES string of the molecule is CC(C(=O)O)C(N)C1CCN(C)C1. The van der Waals surface area contributed by atoms with Gasteiger partial charge in [0, 0.05) is 12.6 Å². The van der Waals surface area contributed by atoms with Gasteiger partial charge in [0.05, 0.1) is 5.92 Å². The Labute approximate surface area is 78.7 Å². The summed E-state index contributed by atoms with van der Waals surface area (Å²) >= 11 is 0. The maximum absolute atomic E-state index is 10.7. The molecular formula is C9H18N2O2. The summed E-state index contributed by atoms with van der Waals surface area (Å²) in [6, 6.07) is -0.206. The third kappa shape index (κ3) is 2.42. The van der Waals surface area contributed by atoms with Crippen molar-refractivity contribution < 1.29 is 9.90 Å². The first-order valence-electron chi connectivity index (χ1n) is 4.69. The first kappa shape index (κ1) is 10.5. The Balaban J connectivity index is 2.47. The maximum Gasteiger partial charge on any atom is 0.307 e. The van der Waals surface area contributed by atoms with Crippen molar-refractivity contribution >= 4 is 5.97 Å². The van der Waals surface area contributed by atoms with Crippen molar-refractivity contribution in [1.29, 1.82) is 0 Å². The molecule has 3 N–H and O–H groups in total. The van der Waals surface area contributed by atoms with Gasteiger partial charge in [-0.25, -0.2) is 0 Å². The molecular weight excluding hydrogens is 168 g/mol. The highest BCUT2D eigenvalue weighted by Gasteiger charge is 2.31. The van der Waals surface area contributed by atoms with E-state index in [2.05, 4.69) is 4.90 Å². The van der Waals surface area contributed by atoms with Gasteiger partial charge in [-0.1, -0.05) is 6.92 Å². The van der Waals surface area contributed by atoms with E-state index < -0.39 is 11.9 Å². The number of aliphatic carboxylic acids is 1. The second-order valence-corrected chi connectivity index (χ2v) is 4.02. The fourth-order valence-corrected chi connectivity index (χ4v) is 1.86. The molecule has 0 amide bonds. The van der Waals surface area contributed by atoms with Crippen LogP contribution >= 0.6 is 0 Å². The van der Waals surface area contributed by atoms with Crippen LogP contribution in [0.5, 0.6) is 0 Å². The lowest BCUT2D eigenvalue weighted by atomic mass is 9.89. The molecule has 1 rings (SSSR count). The molecule has 1 saturated heterocycles. The average Bonchev–Trinajstić information content (AvgIpc) is 2.49. The van der Waals surface area contributed by atoms with Crippen LogP contribution in [0.4, 0.5) is 0 Å². The van der Waals surface area contributed by atoms with Gasteiger partial charge in [0.2, 0.25) is 0 Å². The third-order valence-corrected chi connectivity index (χ3v) is 2.94. The lowest BCUT2D eigenvalue weighted by Crippen LogP contribution is -2.41. The monoisotopic (exact) mass is 186 g/mol. The van der Waals surface area contributed by atoms with E-state index >= 15 is 0 Å². The quantitative estimate of drug-likeness (QED) is 0.650. The van der Waals surface area contributed by atoms with E-state index in [-0.39, 0.29) is 6.04 Å². The topological polar surface area (TPSA) is 66.6 Å². The summed E-state index contributed by atoms with van der Waals surface area (Å²) in [5, 5.41) is 8.79. The molecule has 0 saturated carbocycles. The van der Waals surface area contributed by atoms with E-state index in [0.29, 0.717) is 5.92 Å². The zero-order chi connectivity index (χ0) is 10.0. The van der Waals surface area contributed by atoms with E-state index in [1.54, 1.807) is 6.92 Å². The molecule has 0 spiro atoms. The summed E-state index contributed by atoms with van der Waals surface area (Å²) in [7, 11) is 2.04. The zero-order valence-electron chi connectivity index (χ0n) is 8.23. The van der Waals surface area contributed by atoms with Gasteiger partial charge in [0.1, 0.15) is 0 Å². The molecule has 1 fully saturated rings. The van der Waals surface area contributed by atoms with Gasteiger partial charge >= 0.3 is 5.97 Å².